The number of halogens is 2. The van der Waals surface area contributed by atoms with Crippen molar-refractivity contribution in [2.75, 3.05) is 0 Å². The lowest BCUT2D eigenvalue weighted by molar-refractivity contribution is 0.620. The van der Waals surface area contributed by atoms with E-state index in [1.54, 1.807) is 18.7 Å². The molecule has 0 aliphatic heterocycles. The third-order valence-corrected chi connectivity index (χ3v) is 2.76. The van der Waals surface area contributed by atoms with E-state index in [-0.39, 0.29) is 5.82 Å². The lowest BCUT2D eigenvalue weighted by Gasteiger charge is -2.01. The average Bonchev–Trinajstić information content (AvgIpc) is 2.70. The molecule has 4 heteroatoms. The number of aromatic nitrogens is 2. The highest BCUT2D eigenvalue weighted by molar-refractivity contribution is 9.10. The Morgan fingerprint density at radius 3 is 2.94 bits per heavy atom. The molecule has 0 N–H and O–H groups in total. The molecule has 0 aliphatic rings. The lowest BCUT2D eigenvalue weighted by atomic mass is 10.1. The summed E-state index contributed by atoms with van der Waals surface area (Å²) < 4.78 is 16.1. The van der Waals surface area contributed by atoms with Gasteiger partial charge in [-0.25, -0.2) is 4.39 Å². The van der Waals surface area contributed by atoms with Gasteiger partial charge in [0, 0.05) is 23.6 Å². The Bertz CT molecular complexity index is 494. The third kappa shape index (κ3) is 2.50. The van der Waals surface area contributed by atoms with Gasteiger partial charge in [-0.2, -0.15) is 5.10 Å². The summed E-state index contributed by atoms with van der Waals surface area (Å²) in [5.74, 6) is -0.237. The monoisotopic (exact) mass is 281 g/mol. The summed E-state index contributed by atoms with van der Waals surface area (Å²) in [5.41, 5.74) is 1.47. The van der Waals surface area contributed by atoms with E-state index in [9.17, 15) is 4.39 Å². The standard InChI is InChI=1S/C12H11BrFN2/c1-2-16-8-9(7-15-16)5-10-3-4-11(13)6-12(10)14/h3-8H,2H2,1H3. The average molecular weight is 282 g/mol. The Labute approximate surface area is 102 Å². The fraction of sp³-hybridized carbons (Fsp3) is 0.167. The van der Waals surface area contributed by atoms with Crippen molar-refractivity contribution in [3.8, 4) is 0 Å². The first-order chi connectivity index (χ1) is 7.69. The van der Waals surface area contributed by atoms with Gasteiger partial charge in [-0.05, 0) is 30.2 Å². The predicted octanol–water partition coefficient (Wildman–Crippen LogP) is 3.41. The van der Waals surface area contributed by atoms with Gasteiger partial charge in [0.25, 0.3) is 0 Å². The van der Waals surface area contributed by atoms with Gasteiger partial charge >= 0.3 is 0 Å². The normalized spacial score (nSPS) is 10.7. The molecular weight excluding hydrogens is 271 g/mol. The second-order valence-electron chi connectivity index (χ2n) is 3.44. The van der Waals surface area contributed by atoms with Crippen LogP contribution < -0.4 is 0 Å². The number of benzene rings is 1. The smallest absolute Gasteiger partial charge is 0.128 e. The Kier molecular flexibility index (Phi) is 3.39. The molecular formula is C12H11BrFN2. The van der Waals surface area contributed by atoms with E-state index in [1.807, 2.05) is 23.9 Å². The molecule has 16 heavy (non-hydrogen) atoms. The molecule has 0 unspecified atom stereocenters. The van der Waals surface area contributed by atoms with Crippen molar-refractivity contribution in [3.05, 3.63) is 58.4 Å². The maximum Gasteiger partial charge on any atom is 0.128 e. The Morgan fingerprint density at radius 2 is 2.31 bits per heavy atom. The van der Waals surface area contributed by atoms with Crippen molar-refractivity contribution in [3.63, 3.8) is 0 Å². The van der Waals surface area contributed by atoms with Gasteiger partial charge in [0.1, 0.15) is 5.82 Å². The molecule has 0 atom stereocenters. The number of rotatable bonds is 3. The maximum atomic E-state index is 13.5. The summed E-state index contributed by atoms with van der Waals surface area (Å²) in [6.45, 7) is 2.83. The molecule has 2 rings (SSSR count). The van der Waals surface area contributed by atoms with Crippen LogP contribution in [0.5, 0.6) is 0 Å². The van der Waals surface area contributed by atoms with Gasteiger partial charge in [-0.15, -0.1) is 0 Å². The van der Waals surface area contributed by atoms with Crippen LogP contribution in [0.1, 0.15) is 18.1 Å². The first-order valence-corrected chi connectivity index (χ1v) is 5.80. The molecule has 2 aromatic rings. The fourth-order valence-electron chi connectivity index (χ4n) is 1.43. The highest BCUT2D eigenvalue weighted by Gasteiger charge is 2.05. The lowest BCUT2D eigenvalue weighted by Crippen LogP contribution is -1.92. The van der Waals surface area contributed by atoms with E-state index >= 15 is 0 Å². The van der Waals surface area contributed by atoms with Gasteiger partial charge in [0.15, 0.2) is 0 Å². The number of nitrogens with zero attached hydrogens (tertiary/aromatic N) is 2. The van der Waals surface area contributed by atoms with Crippen LogP contribution >= 0.6 is 15.9 Å². The minimum Gasteiger partial charge on any atom is -0.273 e. The number of aryl methyl sites for hydroxylation is 1. The molecule has 0 amide bonds. The summed E-state index contributed by atoms with van der Waals surface area (Å²) in [6, 6.07) is 5.01. The summed E-state index contributed by atoms with van der Waals surface area (Å²) in [5, 5.41) is 4.13. The highest BCUT2D eigenvalue weighted by Crippen LogP contribution is 2.19. The summed E-state index contributed by atoms with van der Waals surface area (Å²) in [4.78, 5) is 0. The molecule has 0 bridgehead atoms. The molecule has 0 saturated carbocycles. The van der Waals surface area contributed by atoms with E-state index in [2.05, 4.69) is 21.0 Å². The van der Waals surface area contributed by atoms with E-state index < -0.39 is 0 Å². The quantitative estimate of drug-likeness (QED) is 0.843. The Morgan fingerprint density at radius 1 is 1.50 bits per heavy atom. The van der Waals surface area contributed by atoms with Crippen LogP contribution in [-0.4, -0.2) is 9.78 Å². The van der Waals surface area contributed by atoms with E-state index in [4.69, 9.17) is 0 Å². The summed E-state index contributed by atoms with van der Waals surface area (Å²) in [6.07, 6.45) is 5.40. The topological polar surface area (TPSA) is 17.8 Å². The zero-order valence-corrected chi connectivity index (χ0v) is 10.4. The molecule has 1 aromatic heterocycles. The minimum absolute atomic E-state index is 0.237. The third-order valence-electron chi connectivity index (χ3n) is 2.26. The molecule has 0 aliphatic carbocycles. The van der Waals surface area contributed by atoms with Crippen LogP contribution in [0.15, 0.2) is 35.1 Å². The molecule has 0 spiro atoms. The van der Waals surface area contributed by atoms with Crippen molar-refractivity contribution in [1.82, 2.24) is 9.78 Å². The van der Waals surface area contributed by atoms with Gasteiger partial charge < -0.3 is 0 Å². The summed E-state index contributed by atoms with van der Waals surface area (Å²) >= 11 is 3.23. The first kappa shape index (κ1) is 11.3. The minimum atomic E-state index is -0.237. The van der Waals surface area contributed by atoms with Crippen LogP contribution in [-0.2, 0) is 6.54 Å². The maximum absolute atomic E-state index is 13.5. The SMILES string of the molecule is CCn1cc([CH]c2ccc(Br)cc2F)cn1. The van der Waals surface area contributed by atoms with Gasteiger partial charge in [-0.3, -0.25) is 4.68 Å². The van der Waals surface area contributed by atoms with E-state index in [0.29, 0.717) is 5.56 Å². The van der Waals surface area contributed by atoms with Crippen LogP contribution in [0.3, 0.4) is 0 Å². The first-order valence-electron chi connectivity index (χ1n) is 5.01. The molecule has 0 saturated heterocycles. The van der Waals surface area contributed by atoms with Crippen LogP contribution in [0.25, 0.3) is 0 Å². The van der Waals surface area contributed by atoms with Crippen molar-refractivity contribution < 1.29 is 4.39 Å². The number of hydrogen-bond donors (Lipinski definition) is 0. The zero-order chi connectivity index (χ0) is 11.5. The van der Waals surface area contributed by atoms with E-state index in [1.165, 1.54) is 6.07 Å². The van der Waals surface area contributed by atoms with Crippen molar-refractivity contribution in [1.29, 1.82) is 0 Å². The van der Waals surface area contributed by atoms with Crippen LogP contribution in [0, 0.1) is 12.2 Å². The van der Waals surface area contributed by atoms with Gasteiger partial charge in [0.05, 0.1) is 6.20 Å². The Balaban J connectivity index is 2.20. The molecule has 1 radical (unpaired) electrons. The summed E-state index contributed by atoms with van der Waals surface area (Å²) in [7, 11) is 0. The second kappa shape index (κ2) is 4.78. The van der Waals surface area contributed by atoms with Crippen molar-refractivity contribution in [2.45, 2.75) is 13.5 Å². The zero-order valence-electron chi connectivity index (χ0n) is 8.82. The fourth-order valence-corrected chi connectivity index (χ4v) is 1.76. The molecule has 2 nitrogen and oxygen atoms in total. The van der Waals surface area contributed by atoms with Gasteiger partial charge in [0.2, 0.25) is 0 Å². The Hall–Kier alpha value is -1.16. The largest absolute Gasteiger partial charge is 0.273 e. The predicted molar refractivity (Wildman–Crippen MR) is 64.5 cm³/mol. The molecule has 0 fully saturated rings. The molecule has 83 valence electrons. The van der Waals surface area contributed by atoms with Gasteiger partial charge in [-0.1, -0.05) is 22.0 Å². The highest BCUT2D eigenvalue weighted by atomic mass is 79.9. The van der Waals surface area contributed by atoms with Crippen LogP contribution in [0.4, 0.5) is 4.39 Å². The van der Waals surface area contributed by atoms with Crippen LogP contribution in [0.2, 0.25) is 0 Å². The number of hydrogen-bond acceptors (Lipinski definition) is 1. The van der Waals surface area contributed by atoms with Crippen molar-refractivity contribution >= 4 is 15.9 Å². The van der Waals surface area contributed by atoms with Crippen molar-refractivity contribution in [2.24, 2.45) is 0 Å². The van der Waals surface area contributed by atoms with E-state index in [0.717, 1.165) is 16.6 Å². The molecule has 1 aromatic carbocycles. The second-order valence-corrected chi connectivity index (χ2v) is 4.36. The molecule has 1 heterocycles.